The SMILES string of the molecule is CCNC(c1cc2cc(Cl)ccc2o1)C1CCCCCC1. The minimum atomic E-state index is 0.333. The van der Waals surface area contributed by atoms with Crippen LogP contribution in [-0.2, 0) is 0 Å². The summed E-state index contributed by atoms with van der Waals surface area (Å²) < 4.78 is 6.11. The summed E-state index contributed by atoms with van der Waals surface area (Å²) in [7, 11) is 0. The Labute approximate surface area is 131 Å². The van der Waals surface area contributed by atoms with E-state index in [4.69, 9.17) is 16.0 Å². The molecule has 1 aromatic heterocycles. The van der Waals surface area contributed by atoms with Crippen molar-refractivity contribution in [3.05, 3.63) is 35.0 Å². The van der Waals surface area contributed by atoms with Crippen LogP contribution in [0.5, 0.6) is 0 Å². The van der Waals surface area contributed by atoms with E-state index in [0.717, 1.165) is 28.3 Å². The summed E-state index contributed by atoms with van der Waals surface area (Å²) in [5.41, 5.74) is 0.936. The zero-order valence-electron chi connectivity index (χ0n) is 12.7. The number of halogens is 1. The van der Waals surface area contributed by atoms with Gasteiger partial charge in [0.2, 0.25) is 0 Å². The van der Waals surface area contributed by atoms with Crippen molar-refractivity contribution >= 4 is 22.6 Å². The molecule has 0 spiro atoms. The summed E-state index contributed by atoms with van der Waals surface area (Å²) in [6, 6.07) is 8.35. The quantitative estimate of drug-likeness (QED) is 0.732. The van der Waals surface area contributed by atoms with E-state index in [0.29, 0.717) is 12.0 Å². The summed E-state index contributed by atoms with van der Waals surface area (Å²) in [6.45, 7) is 3.14. The van der Waals surface area contributed by atoms with Crippen LogP contribution in [0.15, 0.2) is 28.7 Å². The molecular formula is C18H24ClNO. The van der Waals surface area contributed by atoms with E-state index in [9.17, 15) is 0 Å². The Hall–Kier alpha value is -0.990. The minimum absolute atomic E-state index is 0.333. The Bertz CT molecular complexity index is 584. The van der Waals surface area contributed by atoms with E-state index in [2.05, 4.69) is 18.3 Å². The summed E-state index contributed by atoms with van der Waals surface area (Å²) in [5.74, 6) is 1.75. The Balaban J connectivity index is 1.90. The molecule has 0 bridgehead atoms. The highest BCUT2D eigenvalue weighted by molar-refractivity contribution is 6.31. The molecule has 2 aromatic rings. The predicted molar refractivity (Wildman–Crippen MR) is 88.8 cm³/mol. The number of furan rings is 1. The summed E-state index contributed by atoms with van der Waals surface area (Å²) >= 11 is 6.08. The molecule has 0 aliphatic heterocycles. The highest BCUT2D eigenvalue weighted by atomic mass is 35.5. The van der Waals surface area contributed by atoms with E-state index in [1.165, 1.54) is 38.5 Å². The largest absolute Gasteiger partial charge is 0.459 e. The van der Waals surface area contributed by atoms with E-state index in [-0.39, 0.29) is 0 Å². The van der Waals surface area contributed by atoms with Crippen LogP contribution in [0.3, 0.4) is 0 Å². The van der Waals surface area contributed by atoms with Gasteiger partial charge in [-0.15, -0.1) is 0 Å². The third kappa shape index (κ3) is 3.44. The van der Waals surface area contributed by atoms with Gasteiger partial charge in [0, 0.05) is 10.4 Å². The molecule has 0 amide bonds. The number of nitrogens with one attached hydrogen (secondary N) is 1. The highest BCUT2D eigenvalue weighted by Gasteiger charge is 2.26. The second-order valence-electron chi connectivity index (χ2n) is 6.12. The van der Waals surface area contributed by atoms with E-state index in [1.54, 1.807) is 0 Å². The van der Waals surface area contributed by atoms with Gasteiger partial charge in [-0.25, -0.2) is 0 Å². The standard InChI is InChI=1S/C18H24ClNO/c1-2-20-18(13-7-5-3-4-6-8-13)17-12-14-11-15(19)9-10-16(14)21-17/h9-13,18,20H,2-8H2,1H3. The molecule has 3 rings (SSSR count). The van der Waals surface area contributed by atoms with Gasteiger partial charge >= 0.3 is 0 Å². The van der Waals surface area contributed by atoms with Gasteiger partial charge in [0.1, 0.15) is 11.3 Å². The fourth-order valence-corrected chi connectivity index (χ4v) is 3.73. The monoisotopic (exact) mass is 305 g/mol. The normalized spacial score (nSPS) is 18.8. The molecule has 1 N–H and O–H groups in total. The molecule has 21 heavy (non-hydrogen) atoms. The second kappa shape index (κ2) is 6.85. The van der Waals surface area contributed by atoms with Crippen LogP contribution in [0, 0.1) is 5.92 Å². The fourth-order valence-electron chi connectivity index (χ4n) is 3.55. The van der Waals surface area contributed by atoms with Crippen molar-refractivity contribution < 1.29 is 4.42 Å². The number of rotatable bonds is 4. The molecule has 1 fully saturated rings. The van der Waals surface area contributed by atoms with Gasteiger partial charge in [-0.2, -0.15) is 0 Å². The summed E-state index contributed by atoms with van der Waals surface area (Å²) in [4.78, 5) is 0. The first-order valence-corrected chi connectivity index (χ1v) is 8.58. The molecule has 1 saturated carbocycles. The molecule has 1 aliphatic rings. The number of hydrogen-bond acceptors (Lipinski definition) is 2. The first-order valence-electron chi connectivity index (χ1n) is 8.20. The van der Waals surface area contributed by atoms with Crippen molar-refractivity contribution in [2.24, 2.45) is 5.92 Å². The lowest BCUT2D eigenvalue weighted by Crippen LogP contribution is -2.27. The maximum atomic E-state index is 6.11. The molecule has 1 heterocycles. The first kappa shape index (κ1) is 14.9. The van der Waals surface area contributed by atoms with Crippen molar-refractivity contribution in [3.63, 3.8) is 0 Å². The molecule has 1 atom stereocenters. The molecule has 0 saturated heterocycles. The van der Waals surface area contributed by atoms with Crippen LogP contribution in [0.1, 0.15) is 57.3 Å². The Kier molecular flexibility index (Phi) is 4.87. The van der Waals surface area contributed by atoms with Crippen molar-refractivity contribution in [1.82, 2.24) is 5.32 Å². The molecule has 1 unspecified atom stereocenters. The Morgan fingerprint density at radius 2 is 1.95 bits per heavy atom. The van der Waals surface area contributed by atoms with Gasteiger partial charge in [0.15, 0.2) is 0 Å². The molecule has 1 aliphatic carbocycles. The van der Waals surface area contributed by atoms with E-state index in [1.807, 2.05) is 18.2 Å². The van der Waals surface area contributed by atoms with Crippen molar-refractivity contribution in [2.45, 2.75) is 51.5 Å². The van der Waals surface area contributed by atoms with Crippen molar-refractivity contribution in [1.29, 1.82) is 0 Å². The van der Waals surface area contributed by atoms with Crippen LogP contribution in [0.4, 0.5) is 0 Å². The van der Waals surface area contributed by atoms with Crippen LogP contribution in [0.2, 0.25) is 5.02 Å². The molecular weight excluding hydrogens is 282 g/mol. The topological polar surface area (TPSA) is 25.2 Å². The molecule has 114 valence electrons. The maximum absolute atomic E-state index is 6.11. The number of fused-ring (bicyclic) bond motifs is 1. The highest BCUT2D eigenvalue weighted by Crippen LogP contribution is 2.36. The smallest absolute Gasteiger partial charge is 0.134 e. The zero-order chi connectivity index (χ0) is 14.7. The zero-order valence-corrected chi connectivity index (χ0v) is 13.5. The second-order valence-corrected chi connectivity index (χ2v) is 6.55. The molecule has 2 nitrogen and oxygen atoms in total. The van der Waals surface area contributed by atoms with Gasteiger partial charge in [-0.1, -0.05) is 44.2 Å². The average molecular weight is 306 g/mol. The predicted octanol–water partition coefficient (Wildman–Crippen LogP) is 5.71. The number of hydrogen-bond donors (Lipinski definition) is 1. The minimum Gasteiger partial charge on any atom is -0.459 e. The van der Waals surface area contributed by atoms with Gasteiger partial charge in [-0.05, 0) is 49.6 Å². The van der Waals surface area contributed by atoms with Crippen molar-refractivity contribution in [3.8, 4) is 0 Å². The lowest BCUT2D eigenvalue weighted by Gasteiger charge is -2.25. The van der Waals surface area contributed by atoms with Gasteiger partial charge in [0.05, 0.1) is 6.04 Å². The summed E-state index contributed by atoms with van der Waals surface area (Å²) in [5, 5.41) is 5.52. The van der Waals surface area contributed by atoms with Crippen LogP contribution >= 0.6 is 11.6 Å². The summed E-state index contributed by atoms with van der Waals surface area (Å²) in [6.07, 6.45) is 8.05. The third-order valence-electron chi connectivity index (χ3n) is 4.60. The van der Waals surface area contributed by atoms with Crippen LogP contribution in [-0.4, -0.2) is 6.54 Å². The van der Waals surface area contributed by atoms with Gasteiger partial charge < -0.3 is 9.73 Å². The fraction of sp³-hybridized carbons (Fsp3) is 0.556. The molecule has 1 aromatic carbocycles. The lowest BCUT2D eigenvalue weighted by molar-refractivity contribution is 0.292. The van der Waals surface area contributed by atoms with Crippen LogP contribution < -0.4 is 5.32 Å². The molecule has 3 heteroatoms. The Morgan fingerprint density at radius 3 is 2.67 bits per heavy atom. The van der Waals surface area contributed by atoms with Crippen LogP contribution in [0.25, 0.3) is 11.0 Å². The van der Waals surface area contributed by atoms with Gasteiger partial charge in [-0.3, -0.25) is 0 Å². The maximum Gasteiger partial charge on any atom is 0.134 e. The third-order valence-corrected chi connectivity index (χ3v) is 4.83. The van der Waals surface area contributed by atoms with Crippen molar-refractivity contribution in [2.75, 3.05) is 6.54 Å². The average Bonchev–Trinajstić information content (AvgIpc) is 2.70. The lowest BCUT2D eigenvalue weighted by atomic mass is 9.90. The molecule has 0 radical (unpaired) electrons. The van der Waals surface area contributed by atoms with Gasteiger partial charge in [0.25, 0.3) is 0 Å². The van der Waals surface area contributed by atoms with E-state index < -0.39 is 0 Å². The number of benzene rings is 1. The Morgan fingerprint density at radius 1 is 1.19 bits per heavy atom. The first-order chi connectivity index (χ1) is 10.3. The van der Waals surface area contributed by atoms with E-state index >= 15 is 0 Å².